The van der Waals surface area contributed by atoms with Gasteiger partial charge in [-0.3, -0.25) is 0 Å². The molecule has 3 N–H and O–H groups in total. The number of anilines is 1. The number of amides is 1. The van der Waals surface area contributed by atoms with Crippen molar-refractivity contribution in [2.45, 2.75) is 12.5 Å². The van der Waals surface area contributed by atoms with E-state index in [1.807, 2.05) is 11.0 Å². The van der Waals surface area contributed by atoms with Crippen LogP contribution in [0.3, 0.4) is 0 Å². The highest BCUT2D eigenvalue weighted by atomic mass is 19.1. The summed E-state index contributed by atoms with van der Waals surface area (Å²) < 4.78 is 19.7. The summed E-state index contributed by atoms with van der Waals surface area (Å²) in [6.07, 6.45) is -0.433. The lowest BCUT2D eigenvalue weighted by Crippen LogP contribution is -2.48. The number of carbonyl (C=O) groups is 1. The fourth-order valence-electron chi connectivity index (χ4n) is 2.78. The lowest BCUT2D eigenvalue weighted by molar-refractivity contribution is 0.142. The Morgan fingerprint density at radius 2 is 2.05 bits per heavy atom. The van der Waals surface area contributed by atoms with Crippen LogP contribution in [0.1, 0.15) is 5.56 Å². The molecule has 3 rings (SSSR count). The molecule has 2 aliphatic heterocycles. The van der Waals surface area contributed by atoms with Crippen LogP contribution in [0.5, 0.6) is 5.75 Å². The third-order valence-corrected chi connectivity index (χ3v) is 3.97. The Morgan fingerprint density at radius 3 is 2.71 bits per heavy atom. The molecule has 0 spiro atoms. The second-order valence-corrected chi connectivity index (χ2v) is 5.44. The van der Waals surface area contributed by atoms with E-state index in [1.165, 1.54) is 11.0 Å². The molecule has 1 amide bonds. The van der Waals surface area contributed by atoms with Gasteiger partial charge in [-0.2, -0.15) is 0 Å². The van der Waals surface area contributed by atoms with Crippen LogP contribution in [-0.2, 0) is 6.42 Å². The van der Waals surface area contributed by atoms with E-state index in [2.05, 4.69) is 0 Å². The average Bonchev–Trinajstić information content (AvgIpc) is 2.48. The fourth-order valence-corrected chi connectivity index (χ4v) is 2.78. The first-order chi connectivity index (χ1) is 10.0. The topological polar surface area (TPSA) is 79.0 Å². The van der Waals surface area contributed by atoms with Crippen LogP contribution >= 0.6 is 0 Å². The largest absolute Gasteiger partial charge is 0.491 e. The molecule has 0 aromatic heterocycles. The molecule has 0 aliphatic carbocycles. The van der Waals surface area contributed by atoms with Gasteiger partial charge in [0.15, 0.2) is 0 Å². The van der Waals surface area contributed by atoms with E-state index < -0.39 is 6.09 Å². The Morgan fingerprint density at radius 1 is 1.33 bits per heavy atom. The smallest absolute Gasteiger partial charge is 0.407 e. The highest BCUT2D eigenvalue weighted by molar-refractivity contribution is 5.65. The Kier molecular flexibility index (Phi) is 3.59. The predicted octanol–water partition coefficient (Wildman–Crippen LogP) is 0.888. The van der Waals surface area contributed by atoms with E-state index >= 15 is 0 Å². The number of nitrogens with zero attached hydrogens (tertiary/aromatic N) is 2. The average molecular weight is 295 g/mol. The van der Waals surface area contributed by atoms with Crippen molar-refractivity contribution >= 4 is 11.8 Å². The molecule has 0 radical (unpaired) electrons. The van der Waals surface area contributed by atoms with Gasteiger partial charge < -0.3 is 25.4 Å². The Labute approximate surface area is 121 Å². The van der Waals surface area contributed by atoms with Gasteiger partial charge >= 0.3 is 6.09 Å². The number of nitrogens with two attached hydrogens (primary N) is 1. The molecule has 7 heteroatoms. The quantitative estimate of drug-likeness (QED) is 0.804. The first kappa shape index (κ1) is 13.9. The van der Waals surface area contributed by atoms with Gasteiger partial charge in [-0.05, 0) is 12.5 Å². The lowest BCUT2D eigenvalue weighted by atomic mass is 10.0. The van der Waals surface area contributed by atoms with Gasteiger partial charge in [0, 0.05) is 49.5 Å². The predicted molar refractivity (Wildman–Crippen MR) is 75.4 cm³/mol. The number of benzene rings is 1. The number of hydrogen-bond donors (Lipinski definition) is 2. The van der Waals surface area contributed by atoms with Crippen molar-refractivity contribution in [2.75, 3.05) is 37.7 Å². The monoisotopic (exact) mass is 295 g/mol. The fraction of sp³-hybridized carbons (Fsp3) is 0.500. The molecule has 0 unspecified atom stereocenters. The minimum Gasteiger partial charge on any atom is -0.491 e. The highest BCUT2D eigenvalue weighted by Gasteiger charge is 2.25. The van der Waals surface area contributed by atoms with Crippen molar-refractivity contribution in [2.24, 2.45) is 5.73 Å². The van der Waals surface area contributed by atoms with E-state index in [1.54, 1.807) is 0 Å². The zero-order valence-corrected chi connectivity index (χ0v) is 11.6. The zero-order valence-electron chi connectivity index (χ0n) is 11.6. The molecule has 21 heavy (non-hydrogen) atoms. The van der Waals surface area contributed by atoms with Crippen molar-refractivity contribution in [1.82, 2.24) is 4.90 Å². The van der Waals surface area contributed by atoms with Crippen molar-refractivity contribution in [3.05, 3.63) is 23.5 Å². The van der Waals surface area contributed by atoms with Crippen molar-refractivity contribution in [1.29, 1.82) is 0 Å². The van der Waals surface area contributed by atoms with Gasteiger partial charge in [-0.1, -0.05) is 0 Å². The number of ether oxygens (including phenoxy) is 1. The van der Waals surface area contributed by atoms with Gasteiger partial charge in [-0.25, -0.2) is 9.18 Å². The Bertz CT molecular complexity index is 559. The third-order valence-electron chi connectivity index (χ3n) is 3.97. The van der Waals surface area contributed by atoms with E-state index in [-0.39, 0.29) is 11.9 Å². The van der Waals surface area contributed by atoms with Crippen LogP contribution < -0.4 is 15.4 Å². The van der Waals surface area contributed by atoms with E-state index in [4.69, 9.17) is 15.6 Å². The third kappa shape index (κ3) is 2.73. The maximum atomic E-state index is 14.2. The zero-order chi connectivity index (χ0) is 15.0. The van der Waals surface area contributed by atoms with E-state index in [9.17, 15) is 9.18 Å². The second-order valence-electron chi connectivity index (χ2n) is 5.44. The minimum absolute atomic E-state index is 0.169. The normalized spacial score (nSPS) is 21.7. The van der Waals surface area contributed by atoms with Crippen LogP contribution in [0.2, 0.25) is 0 Å². The number of halogens is 1. The molecular formula is C14H18FN3O3. The number of piperazine rings is 1. The van der Waals surface area contributed by atoms with Crippen LogP contribution in [0.15, 0.2) is 12.1 Å². The summed E-state index contributed by atoms with van der Waals surface area (Å²) >= 11 is 0. The van der Waals surface area contributed by atoms with Crippen LogP contribution in [0.25, 0.3) is 0 Å². The second kappa shape index (κ2) is 5.40. The molecule has 1 aromatic carbocycles. The van der Waals surface area contributed by atoms with E-state index in [0.717, 1.165) is 5.69 Å². The highest BCUT2D eigenvalue weighted by Crippen LogP contribution is 2.32. The van der Waals surface area contributed by atoms with Crippen molar-refractivity contribution < 1.29 is 19.0 Å². The standard InChI is InChI=1S/C14H18FN3O3/c15-12-6-10(7-13-11(12)5-9(16)8-21-13)17-1-3-18(4-2-17)14(19)20/h6-7,9H,1-5,8,16H2,(H,19,20)/t9-/m1/s1. The lowest BCUT2D eigenvalue weighted by Gasteiger charge is -2.35. The molecule has 1 fully saturated rings. The van der Waals surface area contributed by atoms with Gasteiger partial charge in [0.25, 0.3) is 0 Å². The summed E-state index contributed by atoms with van der Waals surface area (Å²) in [6.45, 7) is 2.32. The van der Waals surface area contributed by atoms with Crippen LogP contribution in [-0.4, -0.2) is 54.9 Å². The van der Waals surface area contributed by atoms with Crippen LogP contribution in [0.4, 0.5) is 14.9 Å². The minimum atomic E-state index is -0.913. The number of rotatable bonds is 1. The van der Waals surface area contributed by atoms with Gasteiger partial charge in [0.05, 0.1) is 0 Å². The number of carboxylic acid groups (broad SMARTS) is 1. The molecule has 2 aliphatic rings. The van der Waals surface area contributed by atoms with Crippen molar-refractivity contribution in [3.8, 4) is 5.75 Å². The Hall–Kier alpha value is -2.02. The SMILES string of the molecule is N[C@H]1COc2cc(N3CCN(C(=O)O)CC3)cc(F)c2C1. The van der Waals surface area contributed by atoms with Crippen LogP contribution in [0, 0.1) is 5.82 Å². The summed E-state index contributed by atoms with van der Waals surface area (Å²) in [5, 5.41) is 8.94. The van der Waals surface area contributed by atoms with E-state index in [0.29, 0.717) is 50.5 Å². The first-order valence-electron chi connectivity index (χ1n) is 6.98. The number of hydrogen-bond acceptors (Lipinski definition) is 4. The molecule has 1 aromatic rings. The molecule has 0 bridgehead atoms. The van der Waals surface area contributed by atoms with Crippen molar-refractivity contribution in [3.63, 3.8) is 0 Å². The summed E-state index contributed by atoms with van der Waals surface area (Å²) in [5.74, 6) is 0.241. The Balaban J connectivity index is 1.78. The first-order valence-corrected chi connectivity index (χ1v) is 6.98. The molecule has 1 atom stereocenters. The molecule has 0 saturated carbocycles. The maximum Gasteiger partial charge on any atom is 0.407 e. The summed E-state index contributed by atoms with van der Waals surface area (Å²) in [5.41, 5.74) is 7.04. The summed E-state index contributed by atoms with van der Waals surface area (Å²) in [4.78, 5) is 14.2. The molecule has 2 heterocycles. The van der Waals surface area contributed by atoms with Gasteiger partial charge in [-0.15, -0.1) is 0 Å². The maximum absolute atomic E-state index is 14.2. The van der Waals surface area contributed by atoms with Gasteiger partial charge in [0.1, 0.15) is 18.2 Å². The number of fused-ring (bicyclic) bond motifs is 1. The summed E-state index contributed by atoms with van der Waals surface area (Å²) in [6, 6.07) is 3.13. The molecule has 114 valence electrons. The molecule has 6 nitrogen and oxygen atoms in total. The molecular weight excluding hydrogens is 277 g/mol. The van der Waals surface area contributed by atoms with Gasteiger partial charge in [0.2, 0.25) is 0 Å². The summed E-state index contributed by atoms with van der Waals surface area (Å²) in [7, 11) is 0. The molecule has 1 saturated heterocycles.